The van der Waals surface area contributed by atoms with Gasteiger partial charge in [0.25, 0.3) is 0 Å². The predicted molar refractivity (Wildman–Crippen MR) is 62.4 cm³/mol. The first-order valence-electron chi connectivity index (χ1n) is 5.52. The molecule has 1 saturated heterocycles. The Hall–Kier alpha value is -1.20. The van der Waals surface area contributed by atoms with Crippen LogP contribution in [-0.2, 0) is 4.74 Å². The second-order valence-corrected chi connectivity index (χ2v) is 4.15. The third kappa shape index (κ3) is 2.15. The number of hydrogen-bond acceptors (Lipinski definition) is 5. The zero-order valence-electron chi connectivity index (χ0n) is 9.76. The Balaban J connectivity index is 2.19. The number of anilines is 1. The molecule has 1 aliphatic heterocycles. The van der Waals surface area contributed by atoms with Crippen molar-refractivity contribution in [3.8, 4) is 0 Å². The average Bonchev–Trinajstić information content (AvgIpc) is 2.72. The minimum atomic E-state index is 0.246. The molecule has 5 heteroatoms. The molecule has 16 heavy (non-hydrogen) atoms. The van der Waals surface area contributed by atoms with Crippen molar-refractivity contribution in [2.45, 2.75) is 25.5 Å². The van der Waals surface area contributed by atoms with Crippen molar-refractivity contribution in [2.75, 3.05) is 25.1 Å². The fourth-order valence-electron chi connectivity index (χ4n) is 2.14. The highest BCUT2D eigenvalue weighted by Crippen LogP contribution is 2.24. The molecule has 0 radical (unpaired) electrons. The first kappa shape index (κ1) is 11.3. The Morgan fingerprint density at radius 1 is 1.56 bits per heavy atom. The summed E-state index contributed by atoms with van der Waals surface area (Å²) in [5.41, 5.74) is 6.70. The summed E-state index contributed by atoms with van der Waals surface area (Å²) in [4.78, 5) is 10.8. The summed E-state index contributed by atoms with van der Waals surface area (Å²) in [6.07, 6.45) is 4.75. The lowest BCUT2D eigenvalue weighted by molar-refractivity contribution is 0.118. The van der Waals surface area contributed by atoms with Crippen molar-refractivity contribution in [3.63, 3.8) is 0 Å². The van der Waals surface area contributed by atoms with E-state index in [-0.39, 0.29) is 6.10 Å². The van der Waals surface area contributed by atoms with Gasteiger partial charge in [-0.15, -0.1) is 0 Å². The van der Waals surface area contributed by atoms with Crippen molar-refractivity contribution in [1.82, 2.24) is 9.97 Å². The normalized spacial score (nSPS) is 25.1. The molecule has 0 aliphatic carbocycles. The van der Waals surface area contributed by atoms with E-state index in [9.17, 15) is 0 Å². The summed E-state index contributed by atoms with van der Waals surface area (Å²) in [6.45, 7) is 3.41. The zero-order chi connectivity index (χ0) is 11.5. The third-order valence-corrected chi connectivity index (χ3v) is 3.02. The van der Waals surface area contributed by atoms with Gasteiger partial charge in [0.2, 0.25) is 0 Å². The maximum atomic E-state index is 5.77. The fraction of sp³-hybridized carbons (Fsp3) is 0.636. The van der Waals surface area contributed by atoms with Gasteiger partial charge in [-0.05, 0) is 13.3 Å². The molecule has 5 nitrogen and oxygen atoms in total. The summed E-state index contributed by atoms with van der Waals surface area (Å²) in [5, 5.41) is 0. The lowest BCUT2D eigenvalue weighted by Crippen LogP contribution is -2.36. The Morgan fingerprint density at radius 3 is 3.00 bits per heavy atom. The zero-order valence-corrected chi connectivity index (χ0v) is 9.76. The van der Waals surface area contributed by atoms with Gasteiger partial charge in [-0.3, -0.25) is 4.98 Å². The van der Waals surface area contributed by atoms with Crippen LogP contribution in [0.15, 0.2) is 12.4 Å². The van der Waals surface area contributed by atoms with E-state index in [2.05, 4.69) is 14.9 Å². The quantitative estimate of drug-likeness (QED) is 0.799. The molecule has 2 N–H and O–H groups in total. The molecule has 0 bridgehead atoms. The summed E-state index contributed by atoms with van der Waals surface area (Å²) in [6, 6.07) is 0.307. The summed E-state index contributed by atoms with van der Waals surface area (Å²) >= 11 is 0. The third-order valence-electron chi connectivity index (χ3n) is 3.02. The predicted octanol–water partition coefficient (Wildman–Crippen LogP) is 0.337. The number of aryl methyl sites for hydroxylation is 1. The number of ether oxygens (including phenoxy) is 1. The number of nitrogens with zero attached hydrogens (tertiary/aromatic N) is 3. The highest BCUT2D eigenvalue weighted by Gasteiger charge is 2.32. The summed E-state index contributed by atoms with van der Waals surface area (Å²) < 4.78 is 5.38. The van der Waals surface area contributed by atoms with Crippen LogP contribution < -0.4 is 10.6 Å². The van der Waals surface area contributed by atoms with E-state index in [4.69, 9.17) is 10.5 Å². The molecule has 1 fully saturated rings. The molecule has 1 aliphatic rings. The molecule has 1 aromatic rings. The molecule has 0 saturated carbocycles. The number of rotatable bonds is 3. The fourth-order valence-corrected chi connectivity index (χ4v) is 2.14. The standard InChI is InChI=1S/C11H18N4O/c1-8-5-13-6-11(14-8)15-7-10(16-2)3-9(15)4-12/h5-6,9-10H,3-4,7,12H2,1-2H3. The smallest absolute Gasteiger partial charge is 0.147 e. The summed E-state index contributed by atoms with van der Waals surface area (Å²) in [5.74, 6) is 0.898. The van der Waals surface area contributed by atoms with Crippen LogP contribution in [0.5, 0.6) is 0 Å². The molecular weight excluding hydrogens is 204 g/mol. The molecular formula is C11H18N4O. The number of aromatic nitrogens is 2. The van der Waals surface area contributed by atoms with Gasteiger partial charge in [-0.25, -0.2) is 4.98 Å². The van der Waals surface area contributed by atoms with Crippen molar-refractivity contribution in [3.05, 3.63) is 18.1 Å². The Bertz CT molecular complexity index is 358. The van der Waals surface area contributed by atoms with Gasteiger partial charge in [-0.2, -0.15) is 0 Å². The Kier molecular flexibility index (Phi) is 3.36. The Morgan fingerprint density at radius 2 is 2.38 bits per heavy atom. The van der Waals surface area contributed by atoms with E-state index >= 15 is 0 Å². The van der Waals surface area contributed by atoms with E-state index in [0.29, 0.717) is 12.6 Å². The largest absolute Gasteiger partial charge is 0.380 e. The van der Waals surface area contributed by atoms with Crippen LogP contribution in [-0.4, -0.2) is 42.3 Å². The number of hydrogen-bond donors (Lipinski definition) is 1. The van der Waals surface area contributed by atoms with E-state index < -0.39 is 0 Å². The lowest BCUT2D eigenvalue weighted by atomic mass is 10.2. The maximum absolute atomic E-state index is 5.77. The van der Waals surface area contributed by atoms with Crippen molar-refractivity contribution in [1.29, 1.82) is 0 Å². The molecule has 0 spiro atoms. The molecule has 88 valence electrons. The van der Waals surface area contributed by atoms with Crippen molar-refractivity contribution >= 4 is 5.82 Å². The van der Waals surface area contributed by atoms with E-state index in [1.165, 1.54) is 0 Å². The van der Waals surface area contributed by atoms with Gasteiger partial charge in [-0.1, -0.05) is 0 Å². The second kappa shape index (κ2) is 4.76. The monoisotopic (exact) mass is 222 g/mol. The molecule has 2 heterocycles. The first-order valence-corrected chi connectivity index (χ1v) is 5.52. The molecule has 0 aromatic carbocycles. The molecule has 2 unspecified atom stereocenters. The maximum Gasteiger partial charge on any atom is 0.147 e. The first-order chi connectivity index (χ1) is 7.74. The van der Waals surface area contributed by atoms with E-state index in [1.54, 1.807) is 19.5 Å². The van der Waals surface area contributed by atoms with Gasteiger partial charge in [0.15, 0.2) is 0 Å². The average molecular weight is 222 g/mol. The van der Waals surface area contributed by atoms with Gasteiger partial charge in [0.05, 0.1) is 18.0 Å². The SMILES string of the molecule is COC1CC(CN)N(c2cncc(C)n2)C1. The van der Waals surface area contributed by atoms with Crippen LogP contribution in [0.3, 0.4) is 0 Å². The van der Waals surface area contributed by atoms with Gasteiger partial charge in [0, 0.05) is 32.4 Å². The summed E-state index contributed by atoms with van der Waals surface area (Å²) in [7, 11) is 1.74. The highest BCUT2D eigenvalue weighted by atomic mass is 16.5. The van der Waals surface area contributed by atoms with Gasteiger partial charge < -0.3 is 15.4 Å². The molecule has 2 rings (SSSR count). The molecule has 2 atom stereocenters. The highest BCUT2D eigenvalue weighted by molar-refractivity contribution is 5.40. The van der Waals surface area contributed by atoms with Crippen LogP contribution >= 0.6 is 0 Å². The second-order valence-electron chi connectivity index (χ2n) is 4.15. The molecule has 0 amide bonds. The van der Waals surface area contributed by atoms with E-state index in [0.717, 1.165) is 24.5 Å². The van der Waals surface area contributed by atoms with Gasteiger partial charge >= 0.3 is 0 Å². The van der Waals surface area contributed by atoms with Crippen LogP contribution in [0.2, 0.25) is 0 Å². The minimum Gasteiger partial charge on any atom is -0.380 e. The van der Waals surface area contributed by atoms with Crippen LogP contribution in [0.4, 0.5) is 5.82 Å². The number of methoxy groups -OCH3 is 1. The molecule has 1 aromatic heterocycles. The Labute approximate surface area is 95.6 Å². The van der Waals surface area contributed by atoms with Gasteiger partial charge in [0.1, 0.15) is 5.82 Å². The van der Waals surface area contributed by atoms with Crippen LogP contribution in [0.25, 0.3) is 0 Å². The lowest BCUT2D eigenvalue weighted by Gasteiger charge is -2.23. The minimum absolute atomic E-state index is 0.246. The van der Waals surface area contributed by atoms with Crippen LogP contribution in [0.1, 0.15) is 12.1 Å². The number of nitrogens with two attached hydrogens (primary N) is 1. The van der Waals surface area contributed by atoms with E-state index in [1.807, 2.05) is 6.92 Å². The van der Waals surface area contributed by atoms with Crippen LogP contribution in [0, 0.1) is 6.92 Å². The van der Waals surface area contributed by atoms with Crippen molar-refractivity contribution < 1.29 is 4.74 Å². The topological polar surface area (TPSA) is 64.3 Å². The van der Waals surface area contributed by atoms with Crippen molar-refractivity contribution in [2.24, 2.45) is 5.73 Å².